The van der Waals surface area contributed by atoms with Gasteiger partial charge in [0.15, 0.2) is 0 Å². The first kappa shape index (κ1) is 18.1. The fraction of sp³-hybridized carbons (Fsp3) is 0.571. The summed E-state index contributed by atoms with van der Waals surface area (Å²) in [6, 6.07) is 4.04. The number of ether oxygens (including phenoxy) is 1. The van der Waals surface area contributed by atoms with E-state index in [0.717, 1.165) is 39.8 Å². The van der Waals surface area contributed by atoms with Gasteiger partial charge in [-0.15, -0.1) is 0 Å². The van der Waals surface area contributed by atoms with Gasteiger partial charge in [-0.05, 0) is 48.0 Å². The predicted octanol–water partition coefficient (Wildman–Crippen LogP) is 3.86. The summed E-state index contributed by atoms with van der Waals surface area (Å²) < 4.78 is 18.9. The van der Waals surface area contributed by atoms with Gasteiger partial charge >= 0.3 is 0 Å². The van der Waals surface area contributed by atoms with Crippen LogP contribution in [0.1, 0.15) is 25.8 Å². The molecular formula is C14H21Br2NO2S. The van der Waals surface area contributed by atoms with Gasteiger partial charge in [0, 0.05) is 38.9 Å². The van der Waals surface area contributed by atoms with Gasteiger partial charge in [-0.2, -0.15) is 0 Å². The lowest BCUT2D eigenvalue weighted by Crippen LogP contribution is -2.21. The van der Waals surface area contributed by atoms with Crippen LogP contribution < -0.4 is 10.1 Å². The second-order valence-electron chi connectivity index (χ2n) is 4.58. The van der Waals surface area contributed by atoms with E-state index in [1.807, 2.05) is 19.9 Å². The molecule has 2 unspecified atom stereocenters. The molecule has 0 heterocycles. The van der Waals surface area contributed by atoms with Crippen LogP contribution in [0.4, 0.5) is 0 Å². The van der Waals surface area contributed by atoms with E-state index in [1.165, 1.54) is 0 Å². The largest absolute Gasteiger partial charge is 0.492 e. The van der Waals surface area contributed by atoms with Crippen molar-refractivity contribution in [3.8, 4) is 5.75 Å². The molecule has 1 aromatic rings. The Morgan fingerprint density at radius 3 is 2.70 bits per heavy atom. The van der Waals surface area contributed by atoms with Crippen molar-refractivity contribution in [1.29, 1.82) is 0 Å². The second-order valence-corrected chi connectivity index (χ2v) is 8.16. The fourth-order valence-corrected chi connectivity index (χ4v) is 3.62. The molecule has 3 nitrogen and oxygen atoms in total. The van der Waals surface area contributed by atoms with Crippen LogP contribution in [-0.2, 0) is 17.3 Å². The molecule has 0 aromatic heterocycles. The van der Waals surface area contributed by atoms with Gasteiger partial charge in [-0.1, -0.05) is 22.9 Å². The summed E-state index contributed by atoms with van der Waals surface area (Å²) in [5.74, 6) is 0.885. The summed E-state index contributed by atoms with van der Waals surface area (Å²) in [5, 5.41) is 3.61. The molecule has 2 atom stereocenters. The summed E-state index contributed by atoms with van der Waals surface area (Å²) in [6.45, 7) is 6.20. The molecule has 1 rings (SSSR count). The van der Waals surface area contributed by atoms with E-state index in [9.17, 15) is 4.21 Å². The third-order valence-corrected chi connectivity index (χ3v) is 5.40. The molecule has 114 valence electrons. The number of hydrogen-bond donors (Lipinski definition) is 1. The molecule has 0 fully saturated rings. The zero-order valence-electron chi connectivity index (χ0n) is 12.0. The molecule has 0 aliphatic rings. The molecule has 0 radical (unpaired) electrons. The average molecular weight is 427 g/mol. The molecule has 0 saturated heterocycles. The summed E-state index contributed by atoms with van der Waals surface area (Å²) >= 11 is 7.02. The fourth-order valence-electron chi connectivity index (χ4n) is 1.75. The lowest BCUT2D eigenvalue weighted by atomic mass is 10.2. The zero-order chi connectivity index (χ0) is 15.1. The molecule has 0 aliphatic heterocycles. The SMILES string of the molecule is CCOc1c(Br)cc(Br)cc1CNCCC(C)S(C)=O. The first-order valence-corrected chi connectivity index (χ1v) is 9.80. The second kappa shape index (κ2) is 9.18. The molecule has 0 aliphatic carbocycles. The lowest BCUT2D eigenvalue weighted by molar-refractivity contribution is 0.333. The highest BCUT2D eigenvalue weighted by Crippen LogP contribution is 2.32. The number of halogens is 2. The van der Waals surface area contributed by atoms with Crippen LogP contribution in [0, 0.1) is 0 Å². The average Bonchev–Trinajstić information content (AvgIpc) is 2.37. The smallest absolute Gasteiger partial charge is 0.138 e. The van der Waals surface area contributed by atoms with Crippen molar-refractivity contribution in [1.82, 2.24) is 5.32 Å². The van der Waals surface area contributed by atoms with Crippen LogP contribution in [0.5, 0.6) is 5.75 Å². The highest BCUT2D eigenvalue weighted by atomic mass is 79.9. The van der Waals surface area contributed by atoms with Crippen LogP contribution in [0.25, 0.3) is 0 Å². The summed E-state index contributed by atoms with van der Waals surface area (Å²) in [6.07, 6.45) is 2.66. The topological polar surface area (TPSA) is 38.3 Å². The highest BCUT2D eigenvalue weighted by Gasteiger charge is 2.10. The Labute approximate surface area is 140 Å². The third-order valence-electron chi connectivity index (χ3n) is 2.98. The van der Waals surface area contributed by atoms with E-state index >= 15 is 0 Å². The molecule has 1 N–H and O–H groups in total. The molecule has 0 bridgehead atoms. The van der Waals surface area contributed by atoms with Gasteiger partial charge in [0.05, 0.1) is 11.1 Å². The van der Waals surface area contributed by atoms with E-state index in [4.69, 9.17) is 4.74 Å². The summed E-state index contributed by atoms with van der Waals surface area (Å²) in [7, 11) is -0.753. The van der Waals surface area contributed by atoms with E-state index in [2.05, 4.69) is 43.2 Å². The van der Waals surface area contributed by atoms with Crippen molar-refractivity contribution < 1.29 is 8.95 Å². The van der Waals surface area contributed by atoms with Gasteiger partial charge in [0.25, 0.3) is 0 Å². The predicted molar refractivity (Wildman–Crippen MR) is 92.9 cm³/mol. The molecule has 0 spiro atoms. The lowest BCUT2D eigenvalue weighted by Gasteiger charge is -2.14. The van der Waals surface area contributed by atoms with Crippen molar-refractivity contribution in [2.24, 2.45) is 0 Å². The minimum Gasteiger partial charge on any atom is -0.492 e. The van der Waals surface area contributed by atoms with E-state index in [1.54, 1.807) is 6.26 Å². The number of rotatable bonds is 8. The van der Waals surface area contributed by atoms with Gasteiger partial charge in [-0.3, -0.25) is 4.21 Å². The maximum atomic E-state index is 11.3. The standard InChI is InChI=1S/C14H21Br2NO2S/c1-4-19-14-11(7-12(15)8-13(14)16)9-17-6-5-10(2)20(3)18/h7-8,10,17H,4-6,9H2,1-3H3. The van der Waals surface area contributed by atoms with Gasteiger partial charge in [0.1, 0.15) is 5.75 Å². The van der Waals surface area contributed by atoms with Gasteiger partial charge in [-0.25, -0.2) is 0 Å². The molecule has 1 aromatic carbocycles. The quantitative estimate of drug-likeness (QED) is 0.641. The summed E-state index contributed by atoms with van der Waals surface area (Å²) in [4.78, 5) is 0. The summed E-state index contributed by atoms with van der Waals surface area (Å²) in [5.41, 5.74) is 1.11. The minimum atomic E-state index is -0.753. The molecule has 0 amide bonds. The monoisotopic (exact) mass is 425 g/mol. The molecule has 0 saturated carbocycles. The minimum absolute atomic E-state index is 0.225. The van der Waals surface area contributed by atoms with Crippen LogP contribution in [0.2, 0.25) is 0 Å². The van der Waals surface area contributed by atoms with Crippen molar-refractivity contribution in [3.05, 3.63) is 26.6 Å². The van der Waals surface area contributed by atoms with Crippen LogP contribution in [0.3, 0.4) is 0 Å². The molecule has 6 heteroatoms. The van der Waals surface area contributed by atoms with Gasteiger partial charge < -0.3 is 10.1 Å². The maximum absolute atomic E-state index is 11.3. The van der Waals surface area contributed by atoms with Crippen LogP contribution in [0.15, 0.2) is 21.1 Å². The Morgan fingerprint density at radius 2 is 2.10 bits per heavy atom. The van der Waals surface area contributed by atoms with Crippen LogP contribution >= 0.6 is 31.9 Å². The van der Waals surface area contributed by atoms with Crippen molar-refractivity contribution in [2.75, 3.05) is 19.4 Å². The maximum Gasteiger partial charge on any atom is 0.138 e. The Morgan fingerprint density at radius 1 is 1.40 bits per heavy atom. The zero-order valence-corrected chi connectivity index (χ0v) is 16.0. The van der Waals surface area contributed by atoms with Gasteiger partial charge in [0.2, 0.25) is 0 Å². The molecular weight excluding hydrogens is 406 g/mol. The Bertz CT molecular complexity index is 469. The normalized spacial score (nSPS) is 14.1. The first-order chi connectivity index (χ1) is 9.45. The first-order valence-electron chi connectivity index (χ1n) is 6.59. The third kappa shape index (κ3) is 5.84. The van der Waals surface area contributed by atoms with Crippen molar-refractivity contribution in [2.45, 2.75) is 32.1 Å². The van der Waals surface area contributed by atoms with E-state index in [-0.39, 0.29) is 5.25 Å². The Kier molecular flexibility index (Phi) is 8.32. The Balaban J connectivity index is 2.60. The highest BCUT2D eigenvalue weighted by molar-refractivity contribution is 9.11. The Hall–Kier alpha value is 0.0900. The van der Waals surface area contributed by atoms with Crippen LogP contribution in [-0.4, -0.2) is 28.9 Å². The molecule has 20 heavy (non-hydrogen) atoms. The number of hydrogen-bond acceptors (Lipinski definition) is 3. The number of nitrogens with one attached hydrogen (secondary N) is 1. The van der Waals surface area contributed by atoms with Crippen molar-refractivity contribution >= 4 is 42.7 Å². The van der Waals surface area contributed by atoms with E-state index in [0.29, 0.717) is 6.61 Å². The number of benzene rings is 1. The van der Waals surface area contributed by atoms with E-state index < -0.39 is 10.8 Å². The van der Waals surface area contributed by atoms with Crippen molar-refractivity contribution in [3.63, 3.8) is 0 Å².